The molecule has 2 aromatic carbocycles. The van der Waals surface area contributed by atoms with E-state index in [1.165, 1.54) is 0 Å². The molecule has 7 heteroatoms. The maximum absolute atomic E-state index is 12.1. The van der Waals surface area contributed by atoms with Gasteiger partial charge in [0, 0.05) is 15.7 Å². The maximum atomic E-state index is 12.1. The molecule has 1 heterocycles. The Bertz CT molecular complexity index is 894. The Morgan fingerprint density at radius 1 is 1.05 bits per heavy atom. The lowest BCUT2D eigenvalue weighted by Gasteiger charge is -2.08. The summed E-state index contributed by atoms with van der Waals surface area (Å²) in [4.78, 5) is 28.6. The minimum Gasteiger partial charge on any atom is -0.326 e. The van der Waals surface area contributed by atoms with E-state index in [1.807, 2.05) is 0 Å². The van der Waals surface area contributed by atoms with E-state index < -0.39 is 0 Å². The van der Waals surface area contributed by atoms with Crippen molar-refractivity contribution in [2.45, 2.75) is 6.42 Å². The van der Waals surface area contributed by atoms with Gasteiger partial charge in [-0.25, -0.2) is 4.79 Å². The van der Waals surface area contributed by atoms with Gasteiger partial charge in [-0.3, -0.25) is 4.79 Å². The van der Waals surface area contributed by atoms with Crippen LogP contribution in [-0.2, 0) is 11.2 Å². The number of halogens is 2. The van der Waals surface area contributed by atoms with Gasteiger partial charge in [-0.05, 0) is 35.9 Å². The fraction of sp³-hybridized carbons (Fsp3) is 0.0667. The number of amides is 1. The molecule has 5 nitrogen and oxygen atoms in total. The summed E-state index contributed by atoms with van der Waals surface area (Å²) in [6.07, 6.45) is 0.0696. The topological polar surface area (TPSA) is 77.8 Å². The van der Waals surface area contributed by atoms with Crippen LogP contribution in [0.25, 0.3) is 11.0 Å². The molecule has 0 spiro atoms. The minimum absolute atomic E-state index is 0.0696. The molecule has 3 aromatic rings. The molecule has 0 unspecified atom stereocenters. The van der Waals surface area contributed by atoms with Gasteiger partial charge in [0.15, 0.2) is 0 Å². The molecule has 0 saturated heterocycles. The smallest absolute Gasteiger partial charge is 0.323 e. The number of carbonyl (C=O) groups excluding carboxylic acids is 1. The Kier molecular flexibility index (Phi) is 3.92. The zero-order chi connectivity index (χ0) is 15.7. The summed E-state index contributed by atoms with van der Waals surface area (Å²) in [5.74, 6) is -0.243. The highest BCUT2D eigenvalue weighted by atomic mass is 35.5. The Morgan fingerprint density at radius 3 is 2.45 bits per heavy atom. The lowest BCUT2D eigenvalue weighted by atomic mass is 10.1. The number of fused-ring (bicyclic) bond motifs is 1. The molecule has 0 bridgehead atoms. The largest absolute Gasteiger partial charge is 0.326 e. The normalized spacial score (nSPS) is 10.8. The zero-order valence-electron chi connectivity index (χ0n) is 11.2. The van der Waals surface area contributed by atoms with Crippen molar-refractivity contribution in [2.75, 3.05) is 5.32 Å². The molecule has 0 saturated carbocycles. The highest BCUT2D eigenvalue weighted by molar-refractivity contribution is 6.36. The second-order valence-corrected chi connectivity index (χ2v) is 5.58. The fourth-order valence-corrected chi connectivity index (χ4v) is 2.71. The summed E-state index contributed by atoms with van der Waals surface area (Å²) in [5, 5.41) is 3.66. The molecule has 0 aliphatic carbocycles. The number of H-pyrrole nitrogens is 2. The third-order valence-corrected chi connectivity index (χ3v) is 3.91. The molecule has 1 amide bonds. The van der Waals surface area contributed by atoms with Gasteiger partial charge in [-0.1, -0.05) is 29.3 Å². The quantitative estimate of drug-likeness (QED) is 0.686. The number of nitrogens with one attached hydrogen (secondary N) is 3. The number of aromatic nitrogens is 2. The van der Waals surface area contributed by atoms with Crippen LogP contribution in [-0.4, -0.2) is 15.9 Å². The van der Waals surface area contributed by atoms with Gasteiger partial charge in [-0.2, -0.15) is 0 Å². The maximum Gasteiger partial charge on any atom is 0.323 e. The summed E-state index contributed by atoms with van der Waals surface area (Å²) >= 11 is 12.1. The molecule has 0 fully saturated rings. The molecule has 0 atom stereocenters. The van der Waals surface area contributed by atoms with Gasteiger partial charge in [0.2, 0.25) is 5.91 Å². The number of anilines is 1. The van der Waals surface area contributed by atoms with Crippen LogP contribution in [0.1, 0.15) is 5.56 Å². The Morgan fingerprint density at radius 2 is 1.73 bits per heavy atom. The average molecular weight is 336 g/mol. The SMILES string of the molecule is O=C(Cc1c(Cl)cccc1Cl)Nc1ccc2[nH]c(=O)[nH]c2c1. The zero-order valence-corrected chi connectivity index (χ0v) is 12.8. The van der Waals surface area contributed by atoms with Crippen LogP contribution in [0.15, 0.2) is 41.2 Å². The predicted molar refractivity (Wildman–Crippen MR) is 87.7 cm³/mol. The first-order valence-electron chi connectivity index (χ1n) is 6.48. The molecule has 3 rings (SSSR count). The molecule has 1 aromatic heterocycles. The molecular formula is C15H11Cl2N3O2. The van der Waals surface area contributed by atoms with Crippen molar-refractivity contribution in [3.63, 3.8) is 0 Å². The van der Waals surface area contributed by atoms with E-state index in [0.717, 1.165) is 0 Å². The standard InChI is InChI=1S/C15H11Cl2N3O2/c16-10-2-1-3-11(17)9(10)7-14(21)18-8-4-5-12-13(6-8)20-15(22)19-12/h1-6H,7H2,(H,18,21)(H2,19,20,22). The van der Waals surface area contributed by atoms with Crippen molar-refractivity contribution in [2.24, 2.45) is 0 Å². The van der Waals surface area contributed by atoms with E-state index in [-0.39, 0.29) is 18.0 Å². The third kappa shape index (κ3) is 3.00. The van der Waals surface area contributed by atoms with Crippen LogP contribution in [0.2, 0.25) is 10.0 Å². The van der Waals surface area contributed by atoms with E-state index in [0.29, 0.717) is 32.3 Å². The van der Waals surface area contributed by atoms with Crippen molar-refractivity contribution in [3.8, 4) is 0 Å². The molecule has 0 radical (unpaired) electrons. The first-order chi connectivity index (χ1) is 10.5. The Hall–Kier alpha value is -2.24. The fourth-order valence-electron chi connectivity index (χ4n) is 2.18. The van der Waals surface area contributed by atoms with Crippen LogP contribution < -0.4 is 11.0 Å². The summed E-state index contributed by atoms with van der Waals surface area (Å²) in [6, 6.07) is 10.2. The first-order valence-corrected chi connectivity index (χ1v) is 7.23. The lowest BCUT2D eigenvalue weighted by Crippen LogP contribution is -2.14. The molecular weight excluding hydrogens is 325 g/mol. The summed E-state index contributed by atoms with van der Waals surface area (Å²) in [6.45, 7) is 0. The van der Waals surface area contributed by atoms with Gasteiger partial charge in [0.05, 0.1) is 17.5 Å². The van der Waals surface area contributed by atoms with Gasteiger partial charge in [-0.15, -0.1) is 0 Å². The number of imidazole rings is 1. The van der Waals surface area contributed by atoms with E-state index in [4.69, 9.17) is 23.2 Å². The third-order valence-electron chi connectivity index (χ3n) is 3.20. The van der Waals surface area contributed by atoms with E-state index in [9.17, 15) is 9.59 Å². The van der Waals surface area contributed by atoms with Gasteiger partial charge < -0.3 is 15.3 Å². The van der Waals surface area contributed by atoms with Gasteiger partial charge in [0.1, 0.15) is 0 Å². The number of carbonyl (C=O) groups is 1. The van der Waals surface area contributed by atoms with Crippen molar-refractivity contribution in [3.05, 3.63) is 62.5 Å². The number of aromatic amines is 2. The highest BCUT2D eigenvalue weighted by Crippen LogP contribution is 2.25. The number of hydrogen-bond donors (Lipinski definition) is 3. The lowest BCUT2D eigenvalue weighted by molar-refractivity contribution is -0.115. The minimum atomic E-state index is -0.290. The van der Waals surface area contributed by atoms with Gasteiger partial charge in [0.25, 0.3) is 0 Å². The second kappa shape index (κ2) is 5.87. The van der Waals surface area contributed by atoms with Crippen molar-refractivity contribution < 1.29 is 4.79 Å². The molecule has 3 N–H and O–H groups in total. The van der Waals surface area contributed by atoms with Crippen molar-refractivity contribution >= 4 is 45.8 Å². The summed E-state index contributed by atoms with van der Waals surface area (Å²) < 4.78 is 0. The molecule has 0 aliphatic rings. The van der Waals surface area contributed by atoms with Crippen molar-refractivity contribution in [1.29, 1.82) is 0 Å². The van der Waals surface area contributed by atoms with E-state index in [1.54, 1.807) is 36.4 Å². The number of hydrogen-bond acceptors (Lipinski definition) is 2. The summed E-state index contributed by atoms with van der Waals surface area (Å²) in [7, 11) is 0. The van der Waals surface area contributed by atoms with Crippen LogP contribution in [0.5, 0.6) is 0 Å². The van der Waals surface area contributed by atoms with E-state index in [2.05, 4.69) is 15.3 Å². The second-order valence-electron chi connectivity index (χ2n) is 4.76. The van der Waals surface area contributed by atoms with Crippen LogP contribution in [0, 0.1) is 0 Å². The first kappa shape index (κ1) is 14.7. The molecule has 112 valence electrons. The number of benzene rings is 2. The monoisotopic (exact) mass is 335 g/mol. The number of rotatable bonds is 3. The van der Waals surface area contributed by atoms with Gasteiger partial charge >= 0.3 is 5.69 Å². The Labute approximate surface area is 135 Å². The van der Waals surface area contributed by atoms with Crippen LogP contribution in [0.4, 0.5) is 5.69 Å². The predicted octanol–water partition coefficient (Wildman–Crippen LogP) is 3.34. The highest BCUT2D eigenvalue weighted by Gasteiger charge is 2.11. The average Bonchev–Trinajstić information content (AvgIpc) is 2.82. The van der Waals surface area contributed by atoms with Crippen molar-refractivity contribution in [1.82, 2.24) is 9.97 Å². The molecule has 22 heavy (non-hydrogen) atoms. The van der Waals surface area contributed by atoms with E-state index >= 15 is 0 Å². The van der Waals surface area contributed by atoms with Crippen LogP contribution >= 0.6 is 23.2 Å². The Balaban J connectivity index is 1.79. The summed E-state index contributed by atoms with van der Waals surface area (Å²) in [5.41, 5.74) is 2.17. The van der Waals surface area contributed by atoms with Crippen LogP contribution in [0.3, 0.4) is 0 Å². The molecule has 0 aliphatic heterocycles.